The first-order chi connectivity index (χ1) is 16.1. The molecule has 1 unspecified atom stereocenters. The molecule has 0 saturated carbocycles. The number of carboxylic acids is 1. The number of oxime groups is 1. The summed E-state index contributed by atoms with van der Waals surface area (Å²) >= 11 is 0. The predicted molar refractivity (Wildman–Crippen MR) is 121 cm³/mol. The van der Waals surface area contributed by atoms with E-state index in [4.69, 9.17) is 18.7 Å². The number of nitrogens with zero attached hydrogens (tertiary/aromatic N) is 3. The molecule has 0 radical (unpaired) electrons. The molecule has 0 spiro atoms. The summed E-state index contributed by atoms with van der Waals surface area (Å²) in [5, 5.41) is 21.5. The Bertz CT molecular complexity index is 1030. The van der Waals surface area contributed by atoms with Gasteiger partial charge in [0.05, 0.1) is 0 Å². The van der Waals surface area contributed by atoms with Crippen LogP contribution in [0.2, 0.25) is 0 Å². The third kappa shape index (κ3) is 7.15. The second kappa shape index (κ2) is 12.4. The van der Waals surface area contributed by atoms with Gasteiger partial charge < -0.3 is 23.8 Å². The summed E-state index contributed by atoms with van der Waals surface area (Å²) in [6.07, 6.45) is 0.190. The van der Waals surface area contributed by atoms with Crippen molar-refractivity contribution in [1.82, 2.24) is 10.2 Å². The van der Waals surface area contributed by atoms with Crippen molar-refractivity contribution >= 4 is 11.7 Å². The summed E-state index contributed by atoms with van der Waals surface area (Å²) in [4.78, 5) is 16.6. The van der Waals surface area contributed by atoms with Crippen molar-refractivity contribution in [3.63, 3.8) is 0 Å². The number of rotatable bonds is 13. The van der Waals surface area contributed by atoms with E-state index in [-0.39, 0.29) is 18.9 Å². The zero-order valence-electron chi connectivity index (χ0n) is 18.6. The number of hydrogen-bond donors (Lipinski definition) is 1. The summed E-state index contributed by atoms with van der Waals surface area (Å²) in [6, 6.07) is 16.5. The Labute approximate surface area is 192 Å². The molecule has 0 aliphatic carbocycles. The third-order valence-electron chi connectivity index (χ3n) is 4.53. The van der Waals surface area contributed by atoms with Gasteiger partial charge in [0.1, 0.15) is 19.0 Å². The van der Waals surface area contributed by atoms with E-state index in [0.717, 1.165) is 17.5 Å². The summed E-state index contributed by atoms with van der Waals surface area (Å²) in [7, 11) is 0. The number of aliphatic carboxylic acids is 1. The van der Waals surface area contributed by atoms with Crippen LogP contribution in [-0.4, -0.2) is 52.9 Å². The average molecular weight is 453 g/mol. The fraction of sp³-hybridized carbons (Fsp3) is 0.333. The molecule has 0 amide bonds. The SMILES string of the molecule is CCCO/N=C(\COc1ccc(CC(OCC)C(=O)O)cc1)c1nnc(-c2ccccc2)o1. The fourth-order valence-electron chi connectivity index (χ4n) is 2.89. The van der Waals surface area contributed by atoms with Crippen LogP contribution in [0.25, 0.3) is 11.5 Å². The van der Waals surface area contributed by atoms with Gasteiger partial charge in [0.15, 0.2) is 11.8 Å². The standard InChI is InChI=1S/C24H27N3O6/c1-3-14-32-27-20(23-26-25-22(33-23)18-8-6-5-7-9-18)16-31-19-12-10-17(11-13-19)15-21(24(28)29)30-4-2/h5-13,21H,3-4,14-16H2,1-2H3,(H,28,29)/b27-20+. The lowest BCUT2D eigenvalue weighted by atomic mass is 10.1. The molecule has 9 nitrogen and oxygen atoms in total. The Kier molecular flexibility index (Phi) is 8.96. The minimum Gasteiger partial charge on any atom is -0.487 e. The van der Waals surface area contributed by atoms with Crippen LogP contribution in [0.1, 0.15) is 31.7 Å². The molecule has 1 aromatic heterocycles. The van der Waals surface area contributed by atoms with E-state index in [2.05, 4.69) is 15.4 Å². The first-order valence-electron chi connectivity index (χ1n) is 10.7. The lowest BCUT2D eigenvalue weighted by Crippen LogP contribution is -2.26. The van der Waals surface area contributed by atoms with Crippen molar-refractivity contribution in [2.75, 3.05) is 19.8 Å². The normalized spacial score (nSPS) is 12.4. The summed E-state index contributed by atoms with van der Waals surface area (Å²) in [5.41, 5.74) is 1.99. The van der Waals surface area contributed by atoms with Gasteiger partial charge in [0.25, 0.3) is 5.89 Å². The van der Waals surface area contributed by atoms with Crippen LogP contribution >= 0.6 is 0 Å². The zero-order valence-corrected chi connectivity index (χ0v) is 18.6. The van der Waals surface area contributed by atoms with Crippen molar-refractivity contribution < 1.29 is 28.6 Å². The van der Waals surface area contributed by atoms with Gasteiger partial charge in [-0.15, -0.1) is 10.2 Å². The Morgan fingerprint density at radius 1 is 1.09 bits per heavy atom. The first kappa shape index (κ1) is 23.9. The number of carboxylic acid groups (broad SMARTS) is 1. The van der Waals surface area contributed by atoms with Crippen LogP contribution in [0, 0.1) is 0 Å². The second-order valence-corrected chi connectivity index (χ2v) is 7.07. The summed E-state index contributed by atoms with van der Waals surface area (Å²) in [5.74, 6) is 0.176. The monoisotopic (exact) mass is 453 g/mol. The molecule has 3 aromatic rings. The molecule has 3 rings (SSSR count). The van der Waals surface area contributed by atoms with Crippen molar-refractivity contribution in [3.05, 3.63) is 66.1 Å². The van der Waals surface area contributed by atoms with E-state index >= 15 is 0 Å². The highest BCUT2D eigenvalue weighted by molar-refractivity contribution is 5.97. The third-order valence-corrected chi connectivity index (χ3v) is 4.53. The van der Waals surface area contributed by atoms with Crippen LogP contribution in [0.3, 0.4) is 0 Å². The minimum absolute atomic E-state index is 0.0518. The zero-order chi connectivity index (χ0) is 23.5. The smallest absolute Gasteiger partial charge is 0.333 e. The lowest BCUT2D eigenvalue weighted by molar-refractivity contribution is -0.149. The quantitative estimate of drug-likeness (QED) is 0.235. The lowest BCUT2D eigenvalue weighted by Gasteiger charge is -2.13. The van der Waals surface area contributed by atoms with Gasteiger partial charge in [0.2, 0.25) is 5.89 Å². The Morgan fingerprint density at radius 2 is 1.85 bits per heavy atom. The number of carbonyl (C=O) groups is 1. The minimum atomic E-state index is -0.987. The maximum absolute atomic E-state index is 11.3. The van der Waals surface area contributed by atoms with Crippen LogP contribution in [0.15, 0.2) is 64.2 Å². The number of hydrogen-bond acceptors (Lipinski definition) is 8. The van der Waals surface area contributed by atoms with Gasteiger partial charge in [-0.05, 0) is 43.2 Å². The highest BCUT2D eigenvalue weighted by Crippen LogP contribution is 2.19. The maximum Gasteiger partial charge on any atom is 0.333 e. The first-order valence-corrected chi connectivity index (χ1v) is 10.7. The number of benzene rings is 2. The molecule has 0 fully saturated rings. The van der Waals surface area contributed by atoms with Gasteiger partial charge >= 0.3 is 5.97 Å². The topological polar surface area (TPSA) is 116 Å². The van der Waals surface area contributed by atoms with E-state index in [1.165, 1.54) is 0 Å². The van der Waals surface area contributed by atoms with Gasteiger partial charge in [-0.2, -0.15) is 0 Å². The molecule has 33 heavy (non-hydrogen) atoms. The van der Waals surface area contributed by atoms with E-state index < -0.39 is 12.1 Å². The molecule has 1 N–H and O–H groups in total. The van der Waals surface area contributed by atoms with Gasteiger partial charge in [-0.1, -0.05) is 42.4 Å². The molecule has 1 atom stereocenters. The molecule has 1 heterocycles. The molecular weight excluding hydrogens is 426 g/mol. The Hall–Kier alpha value is -3.72. The fourth-order valence-corrected chi connectivity index (χ4v) is 2.89. The molecular formula is C24H27N3O6. The Balaban J connectivity index is 1.67. The van der Waals surface area contributed by atoms with Crippen molar-refractivity contribution in [1.29, 1.82) is 0 Å². The van der Waals surface area contributed by atoms with Crippen molar-refractivity contribution in [3.8, 4) is 17.2 Å². The van der Waals surface area contributed by atoms with Crippen molar-refractivity contribution in [2.24, 2.45) is 5.16 Å². The largest absolute Gasteiger partial charge is 0.487 e. The second-order valence-electron chi connectivity index (χ2n) is 7.07. The van der Waals surface area contributed by atoms with E-state index in [1.54, 1.807) is 31.2 Å². The van der Waals surface area contributed by atoms with Crippen molar-refractivity contribution in [2.45, 2.75) is 32.8 Å². The van der Waals surface area contributed by atoms with Gasteiger partial charge in [-0.25, -0.2) is 4.79 Å². The molecule has 0 aliphatic rings. The van der Waals surface area contributed by atoms with Gasteiger partial charge in [-0.3, -0.25) is 0 Å². The van der Waals surface area contributed by atoms with Crippen LogP contribution < -0.4 is 4.74 Å². The van der Waals surface area contributed by atoms with E-state index in [9.17, 15) is 9.90 Å². The molecule has 0 aliphatic heterocycles. The Morgan fingerprint density at radius 3 is 2.52 bits per heavy atom. The highest BCUT2D eigenvalue weighted by Gasteiger charge is 2.19. The molecule has 2 aromatic carbocycles. The van der Waals surface area contributed by atoms with E-state index in [1.807, 2.05) is 37.3 Å². The van der Waals surface area contributed by atoms with Crippen LogP contribution in [0.4, 0.5) is 0 Å². The van der Waals surface area contributed by atoms with Crippen LogP contribution in [-0.2, 0) is 20.8 Å². The number of aromatic nitrogens is 2. The summed E-state index contributed by atoms with van der Waals surface area (Å²) in [6.45, 7) is 4.58. The van der Waals surface area contributed by atoms with Gasteiger partial charge in [0, 0.05) is 18.6 Å². The molecule has 174 valence electrons. The summed E-state index contributed by atoms with van der Waals surface area (Å²) < 4.78 is 16.9. The number of ether oxygens (including phenoxy) is 2. The highest BCUT2D eigenvalue weighted by atomic mass is 16.6. The van der Waals surface area contributed by atoms with E-state index in [0.29, 0.717) is 30.6 Å². The van der Waals surface area contributed by atoms with Crippen LogP contribution in [0.5, 0.6) is 5.75 Å². The molecule has 0 bridgehead atoms. The average Bonchev–Trinajstić information content (AvgIpc) is 3.32. The molecule has 9 heteroatoms. The maximum atomic E-state index is 11.3. The predicted octanol–water partition coefficient (Wildman–Crippen LogP) is 3.98. The molecule has 0 saturated heterocycles.